The molecule has 9 nitrogen and oxygen atoms in total. The van der Waals surface area contributed by atoms with Crippen LogP contribution in [-0.4, -0.2) is 45.4 Å². The van der Waals surface area contributed by atoms with Crippen LogP contribution in [0.4, 0.5) is 18.9 Å². The Hall–Kier alpha value is -4.87. The molecule has 12 heteroatoms. The SMILES string of the molecule is CN(C(=O)c1cccc(-n2nc(C(F)(F)F)c3c2C(Oc2ccc(C(=O)O)cc2)CCC3)c1)c1cnc2c(c1)OCC2. The molecule has 1 N–H and O–H groups in total. The van der Waals surface area contributed by atoms with Crippen molar-refractivity contribution < 1.29 is 37.3 Å². The van der Waals surface area contributed by atoms with Crippen LogP contribution in [0.5, 0.6) is 11.5 Å². The standard InChI is InChI=1S/C30H25F3N4O5/c1-36(20-15-25-23(34-16-20)12-13-41-25)28(38)18-4-2-5-19(14-18)37-26-22(27(35-37)30(31,32)33)6-3-7-24(26)42-21-10-8-17(9-11-21)29(39)40/h2,4-5,8-11,14-16,24H,3,6-7,12-13H2,1H3,(H,39,40). The second-order valence-electron chi connectivity index (χ2n) is 10.1. The van der Waals surface area contributed by atoms with Gasteiger partial charge in [-0.05, 0) is 61.7 Å². The third-order valence-electron chi connectivity index (χ3n) is 7.41. The van der Waals surface area contributed by atoms with E-state index in [9.17, 15) is 27.9 Å². The number of carbonyl (C=O) groups excluding carboxylic acids is 1. The van der Waals surface area contributed by atoms with Gasteiger partial charge >= 0.3 is 12.1 Å². The van der Waals surface area contributed by atoms with Crippen molar-refractivity contribution in [1.29, 1.82) is 0 Å². The Morgan fingerprint density at radius 2 is 1.88 bits per heavy atom. The Morgan fingerprint density at radius 3 is 2.62 bits per heavy atom. The number of carboxylic acid groups (broad SMARTS) is 1. The average Bonchev–Trinajstić information content (AvgIpc) is 3.62. The van der Waals surface area contributed by atoms with Crippen LogP contribution < -0.4 is 14.4 Å². The molecule has 0 spiro atoms. The molecule has 4 aromatic rings. The lowest BCUT2D eigenvalue weighted by molar-refractivity contribution is -0.142. The first kappa shape index (κ1) is 27.3. The van der Waals surface area contributed by atoms with Gasteiger partial charge in [-0.2, -0.15) is 18.3 Å². The number of carboxylic acids is 1. The molecule has 1 aliphatic heterocycles. The summed E-state index contributed by atoms with van der Waals surface area (Å²) in [5.74, 6) is -0.556. The summed E-state index contributed by atoms with van der Waals surface area (Å²) in [6.45, 7) is 0.526. The van der Waals surface area contributed by atoms with Crippen molar-refractivity contribution in [3.05, 3.63) is 94.6 Å². The lowest BCUT2D eigenvalue weighted by atomic mass is 9.92. The van der Waals surface area contributed by atoms with Crippen molar-refractivity contribution >= 4 is 17.6 Å². The third-order valence-corrected chi connectivity index (χ3v) is 7.41. The number of halogens is 3. The highest BCUT2D eigenvalue weighted by atomic mass is 19.4. The van der Waals surface area contributed by atoms with Crippen molar-refractivity contribution in [2.24, 2.45) is 0 Å². The summed E-state index contributed by atoms with van der Waals surface area (Å²) in [6.07, 6.45) is -2.17. The third kappa shape index (κ3) is 5.04. The molecule has 2 aromatic heterocycles. The number of rotatable bonds is 6. The normalized spacial score (nSPS) is 15.9. The summed E-state index contributed by atoms with van der Waals surface area (Å²) in [5, 5.41) is 13.2. The molecule has 1 aliphatic carbocycles. The average molecular weight is 579 g/mol. The van der Waals surface area contributed by atoms with E-state index in [1.807, 2.05) is 0 Å². The van der Waals surface area contributed by atoms with Crippen molar-refractivity contribution in [2.75, 3.05) is 18.6 Å². The van der Waals surface area contributed by atoms with Crippen LogP contribution in [0, 0.1) is 0 Å². The Balaban J connectivity index is 1.36. The summed E-state index contributed by atoms with van der Waals surface area (Å²) >= 11 is 0. The summed E-state index contributed by atoms with van der Waals surface area (Å²) in [4.78, 5) is 30.4. The van der Waals surface area contributed by atoms with Crippen molar-refractivity contribution in [1.82, 2.24) is 14.8 Å². The van der Waals surface area contributed by atoms with Gasteiger partial charge in [0.05, 0.1) is 41.1 Å². The smallest absolute Gasteiger partial charge is 0.435 e. The molecule has 0 saturated heterocycles. The summed E-state index contributed by atoms with van der Waals surface area (Å²) in [6, 6.07) is 13.7. The van der Waals surface area contributed by atoms with Crippen LogP contribution in [0.15, 0.2) is 60.8 Å². The number of aromatic carboxylic acids is 1. The predicted octanol–water partition coefficient (Wildman–Crippen LogP) is 5.65. The van der Waals surface area contributed by atoms with Gasteiger partial charge in [0.15, 0.2) is 5.69 Å². The first-order valence-electron chi connectivity index (χ1n) is 13.3. The monoisotopic (exact) mass is 578 g/mol. The van der Waals surface area contributed by atoms with Crippen LogP contribution in [-0.2, 0) is 19.0 Å². The minimum atomic E-state index is -4.70. The second kappa shape index (κ2) is 10.5. The van der Waals surface area contributed by atoms with Gasteiger partial charge in [-0.15, -0.1) is 0 Å². The molecule has 2 aromatic carbocycles. The lowest BCUT2D eigenvalue weighted by Crippen LogP contribution is -2.26. The maximum Gasteiger partial charge on any atom is 0.435 e. The number of nitrogens with zero attached hydrogens (tertiary/aromatic N) is 4. The first-order chi connectivity index (χ1) is 20.1. The van der Waals surface area contributed by atoms with Gasteiger partial charge < -0.3 is 19.5 Å². The zero-order valence-corrected chi connectivity index (χ0v) is 22.4. The van der Waals surface area contributed by atoms with E-state index in [-0.39, 0.29) is 40.4 Å². The summed E-state index contributed by atoms with van der Waals surface area (Å²) in [7, 11) is 1.59. The van der Waals surface area contributed by atoms with Crippen LogP contribution in [0.25, 0.3) is 5.69 Å². The number of carbonyl (C=O) groups is 2. The first-order valence-corrected chi connectivity index (χ1v) is 13.3. The van der Waals surface area contributed by atoms with E-state index >= 15 is 0 Å². The van der Waals surface area contributed by atoms with E-state index in [1.165, 1.54) is 39.9 Å². The minimum Gasteiger partial charge on any atom is -0.491 e. The molecule has 0 saturated carbocycles. The topological polar surface area (TPSA) is 107 Å². The van der Waals surface area contributed by atoms with Gasteiger partial charge in [-0.3, -0.25) is 9.78 Å². The van der Waals surface area contributed by atoms with E-state index in [4.69, 9.17) is 9.47 Å². The molecule has 1 atom stereocenters. The fourth-order valence-corrected chi connectivity index (χ4v) is 5.32. The largest absolute Gasteiger partial charge is 0.491 e. The zero-order valence-electron chi connectivity index (χ0n) is 22.4. The molecule has 42 heavy (non-hydrogen) atoms. The van der Waals surface area contributed by atoms with Gasteiger partial charge in [-0.25, -0.2) is 9.48 Å². The lowest BCUT2D eigenvalue weighted by Gasteiger charge is -2.26. The molecule has 0 fully saturated rings. The molecule has 6 rings (SSSR count). The Kier molecular flexibility index (Phi) is 6.83. The quantitative estimate of drug-likeness (QED) is 0.315. The number of amides is 1. The number of ether oxygens (including phenoxy) is 2. The number of hydrogen-bond acceptors (Lipinski definition) is 6. The van der Waals surface area contributed by atoms with Crippen LogP contribution in [0.2, 0.25) is 0 Å². The number of benzene rings is 2. The number of anilines is 1. The van der Waals surface area contributed by atoms with Gasteiger partial charge in [0, 0.05) is 30.7 Å². The fraction of sp³-hybridized carbons (Fsp3) is 0.267. The minimum absolute atomic E-state index is 0.0407. The summed E-state index contributed by atoms with van der Waals surface area (Å²) in [5.41, 5.74) is 1.20. The number of alkyl halides is 3. The van der Waals surface area contributed by atoms with Gasteiger partial charge in [0.1, 0.15) is 17.6 Å². The maximum absolute atomic E-state index is 14.1. The molecular formula is C30H25F3N4O5. The Morgan fingerprint density at radius 1 is 1.10 bits per heavy atom. The van der Waals surface area contributed by atoms with Crippen LogP contribution in [0.3, 0.4) is 0 Å². The van der Waals surface area contributed by atoms with Crippen LogP contribution >= 0.6 is 0 Å². The molecule has 2 aliphatic rings. The van der Waals surface area contributed by atoms with Crippen molar-refractivity contribution in [3.63, 3.8) is 0 Å². The highest BCUT2D eigenvalue weighted by molar-refractivity contribution is 6.06. The van der Waals surface area contributed by atoms with E-state index < -0.39 is 23.9 Å². The van der Waals surface area contributed by atoms with Gasteiger partial charge in [-0.1, -0.05) is 6.07 Å². The molecule has 0 radical (unpaired) electrons. The van der Waals surface area contributed by atoms with Gasteiger partial charge in [0.25, 0.3) is 5.91 Å². The number of pyridine rings is 1. The number of fused-ring (bicyclic) bond motifs is 2. The maximum atomic E-state index is 14.1. The van der Waals surface area contributed by atoms with Crippen LogP contribution in [0.1, 0.15) is 62.3 Å². The molecular weight excluding hydrogens is 553 g/mol. The van der Waals surface area contributed by atoms with Crippen molar-refractivity contribution in [2.45, 2.75) is 38.0 Å². The van der Waals surface area contributed by atoms with Crippen molar-refractivity contribution in [3.8, 4) is 17.2 Å². The number of aromatic nitrogens is 3. The van der Waals surface area contributed by atoms with E-state index in [2.05, 4.69) is 10.1 Å². The molecule has 1 unspecified atom stereocenters. The predicted molar refractivity (Wildman–Crippen MR) is 144 cm³/mol. The van der Waals surface area contributed by atoms with E-state index in [1.54, 1.807) is 37.5 Å². The molecule has 1 amide bonds. The Bertz CT molecular complexity index is 1680. The summed E-state index contributed by atoms with van der Waals surface area (Å²) < 4.78 is 55.2. The van der Waals surface area contributed by atoms with Gasteiger partial charge in [0.2, 0.25) is 0 Å². The van der Waals surface area contributed by atoms with E-state index in [0.717, 1.165) is 5.69 Å². The molecule has 0 bridgehead atoms. The zero-order chi connectivity index (χ0) is 29.6. The fourth-order valence-electron chi connectivity index (χ4n) is 5.32. The highest BCUT2D eigenvalue weighted by Crippen LogP contribution is 2.42. The van der Waals surface area contributed by atoms with E-state index in [0.29, 0.717) is 43.1 Å². The number of hydrogen-bond donors (Lipinski definition) is 1. The Labute approximate surface area is 238 Å². The highest BCUT2D eigenvalue weighted by Gasteiger charge is 2.42. The second-order valence-corrected chi connectivity index (χ2v) is 10.1. The molecule has 3 heterocycles. The molecule has 216 valence electrons.